The van der Waals surface area contributed by atoms with Crippen molar-refractivity contribution in [2.45, 2.75) is 61.7 Å². The van der Waals surface area contributed by atoms with Crippen LogP contribution in [0.15, 0.2) is 60.7 Å². The van der Waals surface area contributed by atoms with E-state index in [4.69, 9.17) is 9.47 Å². The Bertz CT molecular complexity index is 758. The van der Waals surface area contributed by atoms with E-state index in [-0.39, 0.29) is 28.8 Å². The number of carbonyl (C=O) groups is 1. The van der Waals surface area contributed by atoms with Crippen LogP contribution in [0.25, 0.3) is 0 Å². The van der Waals surface area contributed by atoms with Crippen molar-refractivity contribution in [1.82, 2.24) is 4.90 Å². The Morgan fingerprint density at radius 3 is 2.34 bits per heavy atom. The molecule has 0 spiro atoms. The SMILES string of the molecule is CC[C@H](C1CCC(I)C(O)O1)N(Cc1ccccc1)C(=O)OCc1ccccc1. The van der Waals surface area contributed by atoms with Crippen LogP contribution < -0.4 is 0 Å². The summed E-state index contributed by atoms with van der Waals surface area (Å²) in [6, 6.07) is 19.4. The van der Waals surface area contributed by atoms with Gasteiger partial charge in [-0.25, -0.2) is 4.79 Å². The molecule has 0 aromatic heterocycles. The van der Waals surface area contributed by atoms with E-state index in [1.807, 2.05) is 67.6 Å². The second kappa shape index (κ2) is 10.9. The molecular weight excluding hydrogens is 481 g/mol. The standard InChI is InChI=1S/C23H28INO4/c1-2-20(21-14-13-19(24)22(26)29-21)25(15-17-9-5-3-6-10-17)23(27)28-16-18-11-7-4-8-12-18/h3-12,19-22,26H,2,13-16H2,1H3/t19?,20-,21?,22?/m1/s1. The zero-order valence-electron chi connectivity index (χ0n) is 16.6. The monoisotopic (exact) mass is 509 g/mol. The number of hydrogen-bond donors (Lipinski definition) is 1. The summed E-state index contributed by atoms with van der Waals surface area (Å²) in [6.07, 6.45) is 1.01. The number of amides is 1. The summed E-state index contributed by atoms with van der Waals surface area (Å²) in [5.74, 6) is 0. The van der Waals surface area contributed by atoms with Gasteiger partial charge < -0.3 is 14.6 Å². The quantitative estimate of drug-likeness (QED) is 0.426. The lowest BCUT2D eigenvalue weighted by atomic mass is 9.98. The largest absolute Gasteiger partial charge is 0.445 e. The lowest BCUT2D eigenvalue weighted by molar-refractivity contribution is -0.173. The number of aliphatic hydroxyl groups excluding tert-OH is 1. The molecule has 6 heteroatoms. The topological polar surface area (TPSA) is 59.0 Å². The Balaban J connectivity index is 1.76. The fourth-order valence-corrected chi connectivity index (χ4v) is 4.19. The van der Waals surface area contributed by atoms with Crippen LogP contribution in [-0.4, -0.2) is 38.5 Å². The third-order valence-electron chi connectivity index (χ3n) is 5.23. The van der Waals surface area contributed by atoms with E-state index >= 15 is 0 Å². The molecular formula is C23H28INO4. The third-order valence-corrected chi connectivity index (χ3v) is 6.47. The van der Waals surface area contributed by atoms with Crippen molar-refractivity contribution in [3.05, 3.63) is 71.8 Å². The van der Waals surface area contributed by atoms with Gasteiger partial charge in [-0.2, -0.15) is 0 Å². The Hall–Kier alpha value is -1.64. The molecule has 2 aromatic rings. The molecule has 1 amide bonds. The van der Waals surface area contributed by atoms with E-state index in [1.54, 1.807) is 4.90 Å². The first kappa shape index (κ1) is 22.1. The van der Waals surface area contributed by atoms with Crippen LogP contribution in [0.1, 0.15) is 37.3 Å². The highest BCUT2D eigenvalue weighted by molar-refractivity contribution is 14.1. The molecule has 1 heterocycles. The van der Waals surface area contributed by atoms with E-state index in [0.717, 1.165) is 30.4 Å². The Morgan fingerprint density at radius 2 is 1.76 bits per heavy atom. The number of ether oxygens (including phenoxy) is 2. The zero-order valence-corrected chi connectivity index (χ0v) is 18.8. The molecule has 0 radical (unpaired) electrons. The summed E-state index contributed by atoms with van der Waals surface area (Å²) in [7, 11) is 0. The first-order chi connectivity index (χ1) is 14.1. The van der Waals surface area contributed by atoms with Crippen LogP contribution in [0.3, 0.4) is 0 Å². The first-order valence-corrected chi connectivity index (χ1v) is 11.3. The summed E-state index contributed by atoms with van der Waals surface area (Å²) in [4.78, 5) is 14.8. The number of aliphatic hydroxyl groups is 1. The molecule has 1 aliphatic heterocycles. The van der Waals surface area contributed by atoms with Gasteiger partial charge in [-0.15, -0.1) is 0 Å². The number of hydrogen-bond acceptors (Lipinski definition) is 4. The maximum Gasteiger partial charge on any atom is 0.410 e. The van der Waals surface area contributed by atoms with Gasteiger partial charge in [0.2, 0.25) is 0 Å². The van der Waals surface area contributed by atoms with Crippen molar-refractivity contribution in [2.75, 3.05) is 0 Å². The second-order valence-corrected chi connectivity index (χ2v) is 8.89. The maximum absolute atomic E-state index is 13.1. The van der Waals surface area contributed by atoms with Gasteiger partial charge in [0.05, 0.1) is 16.1 Å². The van der Waals surface area contributed by atoms with Gasteiger partial charge in [-0.3, -0.25) is 4.90 Å². The van der Waals surface area contributed by atoms with Crippen LogP contribution in [0.4, 0.5) is 4.79 Å². The van der Waals surface area contributed by atoms with Gasteiger partial charge in [0, 0.05) is 6.54 Å². The van der Waals surface area contributed by atoms with Crippen molar-refractivity contribution < 1.29 is 19.4 Å². The Labute approximate surface area is 186 Å². The predicted octanol–water partition coefficient (Wildman–Crippen LogP) is 4.91. The van der Waals surface area contributed by atoms with E-state index in [9.17, 15) is 9.90 Å². The third kappa shape index (κ3) is 6.17. The van der Waals surface area contributed by atoms with E-state index < -0.39 is 6.29 Å². The summed E-state index contributed by atoms with van der Waals surface area (Å²) >= 11 is 2.22. The van der Waals surface area contributed by atoms with Gasteiger partial charge in [0.15, 0.2) is 6.29 Å². The predicted molar refractivity (Wildman–Crippen MR) is 121 cm³/mol. The number of nitrogens with zero attached hydrogens (tertiary/aromatic N) is 1. The first-order valence-electron chi connectivity index (χ1n) is 10.1. The van der Waals surface area contributed by atoms with E-state index in [0.29, 0.717) is 6.54 Å². The van der Waals surface area contributed by atoms with Crippen LogP contribution >= 0.6 is 22.6 Å². The van der Waals surface area contributed by atoms with Crippen molar-refractivity contribution in [3.63, 3.8) is 0 Å². The molecule has 29 heavy (non-hydrogen) atoms. The van der Waals surface area contributed by atoms with Gasteiger partial charge in [-0.1, -0.05) is 90.2 Å². The average molecular weight is 509 g/mol. The molecule has 3 unspecified atom stereocenters. The maximum atomic E-state index is 13.1. The molecule has 0 aliphatic carbocycles. The van der Waals surface area contributed by atoms with E-state index in [1.165, 1.54) is 0 Å². The minimum absolute atomic E-state index is 0.0777. The fourth-order valence-electron chi connectivity index (χ4n) is 3.67. The molecule has 1 N–H and O–H groups in total. The normalized spacial score (nSPS) is 22.7. The molecule has 5 nitrogen and oxygen atoms in total. The zero-order chi connectivity index (χ0) is 20.6. The minimum Gasteiger partial charge on any atom is -0.445 e. The van der Waals surface area contributed by atoms with Gasteiger partial charge in [0.1, 0.15) is 6.61 Å². The van der Waals surface area contributed by atoms with Crippen LogP contribution in [-0.2, 0) is 22.6 Å². The molecule has 4 atom stereocenters. The fraction of sp³-hybridized carbons (Fsp3) is 0.435. The second-order valence-electron chi connectivity index (χ2n) is 7.29. The minimum atomic E-state index is -0.803. The molecule has 156 valence electrons. The lowest BCUT2D eigenvalue weighted by Crippen LogP contribution is -2.51. The Morgan fingerprint density at radius 1 is 1.14 bits per heavy atom. The molecule has 1 fully saturated rings. The number of benzene rings is 2. The van der Waals surface area contributed by atoms with Crippen LogP contribution in [0, 0.1) is 0 Å². The van der Waals surface area contributed by atoms with Gasteiger partial charge in [0.25, 0.3) is 0 Å². The summed E-state index contributed by atoms with van der Waals surface area (Å²) in [5.41, 5.74) is 1.98. The highest BCUT2D eigenvalue weighted by Gasteiger charge is 2.37. The van der Waals surface area contributed by atoms with Crippen molar-refractivity contribution in [1.29, 1.82) is 0 Å². The molecule has 0 saturated carbocycles. The Kier molecular flexibility index (Phi) is 8.32. The number of halogens is 1. The smallest absolute Gasteiger partial charge is 0.410 e. The van der Waals surface area contributed by atoms with Crippen molar-refractivity contribution in [2.24, 2.45) is 0 Å². The average Bonchev–Trinajstić information content (AvgIpc) is 2.75. The van der Waals surface area contributed by atoms with Crippen molar-refractivity contribution in [3.8, 4) is 0 Å². The van der Waals surface area contributed by atoms with Crippen LogP contribution in [0.5, 0.6) is 0 Å². The molecule has 0 bridgehead atoms. The van der Waals surface area contributed by atoms with Crippen LogP contribution in [0.2, 0.25) is 0 Å². The number of carbonyl (C=O) groups excluding carboxylic acids is 1. The lowest BCUT2D eigenvalue weighted by Gasteiger charge is -2.40. The molecule has 1 saturated heterocycles. The highest BCUT2D eigenvalue weighted by atomic mass is 127. The molecule has 2 aromatic carbocycles. The summed E-state index contributed by atoms with van der Waals surface area (Å²) < 4.78 is 11.6. The number of rotatable bonds is 7. The number of alkyl halides is 1. The molecule has 3 rings (SSSR count). The summed E-state index contributed by atoms with van der Waals surface area (Å²) in [5, 5.41) is 10.2. The van der Waals surface area contributed by atoms with Gasteiger partial charge >= 0.3 is 6.09 Å². The van der Waals surface area contributed by atoms with Gasteiger partial charge in [-0.05, 0) is 30.4 Å². The summed E-state index contributed by atoms with van der Waals surface area (Å²) in [6.45, 7) is 2.71. The molecule has 1 aliphatic rings. The highest BCUT2D eigenvalue weighted by Crippen LogP contribution is 2.30. The van der Waals surface area contributed by atoms with Crippen molar-refractivity contribution >= 4 is 28.7 Å². The van der Waals surface area contributed by atoms with E-state index in [2.05, 4.69) is 22.6 Å².